The summed E-state index contributed by atoms with van der Waals surface area (Å²) in [6.45, 7) is 0. The Labute approximate surface area is 105 Å². The van der Waals surface area contributed by atoms with E-state index in [-0.39, 0.29) is 6.42 Å². The van der Waals surface area contributed by atoms with Crippen LogP contribution in [0.2, 0.25) is 0 Å². The first kappa shape index (κ1) is 14.2. The summed E-state index contributed by atoms with van der Waals surface area (Å²) in [7, 11) is 2.96. The number of hydrogen-bond donors (Lipinski definition) is 2. The van der Waals surface area contributed by atoms with Crippen LogP contribution in [-0.4, -0.2) is 35.3 Å². The van der Waals surface area contributed by atoms with Crippen molar-refractivity contribution in [1.29, 1.82) is 0 Å². The Kier molecular flexibility index (Phi) is 5.31. The number of aromatic nitrogens is 2. The Morgan fingerprint density at radius 2 is 1.94 bits per heavy atom. The second-order valence-electron chi connectivity index (χ2n) is 3.70. The van der Waals surface area contributed by atoms with E-state index in [2.05, 4.69) is 9.97 Å². The Hall–Kier alpha value is -1.89. The monoisotopic (exact) mass is 255 g/mol. The maximum atomic E-state index is 10.4. The zero-order valence-electron chi connectivity index (χ0n) is 10.4. The Morgan fingerprint density at radius 1 is 1.39 bits per heavy atom. The Bertz CT molecular complexity index is 389. The van der Waals surface area contributed by atoms with E-state index in [0.29, 0.717) is 30.2 Å². The lowest BCUT2D eigenvalue weighted by Gasteiger charge is -2.16. The molecular weight excluding hydrogens is 238 g/mol. The summed E-state index contributed by atoms with van der Waals surface area (Å²) in [5.74, 6) is -0.139. The van der Waals surface area contributed by atoms with E-state index in [1.54, 1.807) is 0 Å². The summed E-state index contributed by atoms with van der Waals surface area (Å²) in [5.41, 5.74) is 6.56. The molecular formula is C11H17N3O4. The number of nitrogens with zero attached hydrogens (tertiary/aromatic N) is 2. The van der Waals surface area contributed by atoms with Gasteiger partial charge >= 0.3 is 5.97 Å². The van der Waals surface area contributed by atoms with Crippen molar-refractivity contribution in [3.8, 4) is 11.8 Å². The minimum absolute atomic E-state index is 0.0754. The van der Waals surface area contributed by atoms with Crippen LogP contribution in [-0.2, 0) is 4.79 Å². The highest BCUT2D eigenvalue weighted by Crippen LogP contribution is 2.31. The zero-order valence-corrected chi connectivity index (χ0v) is 10.4. The number of rotatable bonds is 7. The number of hydrogen-bond acceptors (Lipinski definition) is 6. The van der Waals surface area contributed by atoms with Gasteiger partial charge < -0.3 is 20.3 Å². The lowest BCUT2D eigenvalue weighted by Crippen LogP contribution is -2.15. The highest BCUT2D eigenvalue weighted by atomic mass is 16.5. The van der Waals surface area contributed by atoms with Gasteiger partial charge in [0.15, 0.2) is 0 Å². The van der Waals surface area contributed by atoms with Gasteiger partial charge in [-0.05, 0) is 12.8 Å². The van der Waals surface area contributed by atoms with Gasteiger partial charge in [-0.15, -0.1) is 0 Å². The second-order valence-corrected chi connectivity index (χ2v) is 3.70. The highest BCUT2D eigenvalue weighted by Gasteiger charge is 2.20. The van der Waals surface area contributed by atoms with Gasteiger partial charge in [0, 0.05) is 12.5 Å². The molecule has 1 aromatic heterocycles. The largest absolute Gasteiger partial charge is 0.481 e. The van der Waals surface area contributed by atoms with Crippen molar-refractivity contribution in [3.63, 3.8) is 0 Å². The molecule has 3 N–H and O–H groups in total. The lowest BCUT2D eigenvalue weighted by molar-refractivity contribution is -0.137. The van der Waals surface area contributed by atoms with Gasteiger partial charge in [0.05, 0.1) is 19.8 Å². The molecule has 0 aliphatic carbocycles. The molecule has 1 heterocycles. The fraction of sp³-hybridized carbons (Fsp3) is 0.545. The molecule has 0 radical (unpaired) electrons. The van der Waals surface area contributed by atoms with Crippen LogP contribution < -0.4 is 15.2 Å². The van der Waals surface area contributed by atoms with Crippen molar-refractivity contribution in [1.82, 2.24) is 9.97 Å². The minimum Gasteiger partial charge on any atom is -0.481 e. The van der Waals surface area contributed by atoms with Crippen molar-refractivity contribution in [3.05, 3.63) is 11.9 Å². The lowest BCUT2D eigenvalue weighted by atomic mass is 10.0. The fourth-order valence-electron chi connectivity index (χ4n) is 1.62. The van der Waals surface area contributed by atoms with Crippen LogP contribution in [0.1, 0.15) is 30.9 Å². The molecule has 0 spiro atoms. The molecule has 7 nitrogen and oxygen atoms in total. The number of ether oxygens (including phenoxy) is 2. The van der Waals surface area contributed by atoms with Crippen LogP contribution in [0, 0.1) is 0 Å². The predicted octanol–water partition coefficient (Wildman–Crippen LogP) is 0.748. The van der Waals surface area contributed by atoms with Crippen molar-refractivity contribution in [2.24, 2.45) is 5.73 Å². The summed E-state index contributed by atoms with van der Waals surface area (Å²) in [6.07, 6.45) is 2.36. The topological polar surface area (TPSA) is 108 Å². The summed E-state index contributed by atoms with van der Waals surface area (Å²) >= 11 is 0. The van der Waals surface area contributed by atoms with Gasteiger partial charge in [0.25, 0.3) is 0 Å². The molecule has 1 atom stereocenters. The maximum absolute atomic E-state index is 10.4. The predicted molar refractivity (Wildman–Crippen MR) is 63.6 cm³/mol. The van der Waals surface area contributed by atoms with E-state index in [0.717, 1.165) is 0 Å². The summed E-state index contributed by atoms with van der Waals surface area (Å²) in [6, 6.07) is -0.421. The Balaban J connectivity index is 2.82. The number of aliphatic carboxylic acids is 1. The minimum atomic E-state index is -0.842. The highest BCUT2D eigenvalue weighted by molar-refractivity contribution is 5.66. The molecule has 0 amide bonds. The van der Waals surface area contributed by atoms with E-state index in [1.807, 2.05) is 0 Å². The molecule has 1 aromatic rings. The second kappa shape index (κ2) is 6.75. The van der Waals surface area contributed by atoms with E-state index in [9.17, 15) is 4.79 Å². The van der Waals surface area contributed by atoms with Crippen LogP contribution in [0.15, 0.2) is 6.33 Å². The van der Waals surface area contributed by atoms with Gasteiger partial charge in [0.2, 0.25) is 11.8 Å². The van der Waals surface area contributed by atoms with E-state index in [4.69, 9.17) is 20.3 Å². The maximum Gasteiger partial charge on any atom is 0.303 e. The van der Waals surface area contributed by atoms with Crippen molar-refractivity contribution >= 4 is 5.97 Å². The molecule has 1 rings (SSSR count). The third-order valence-electron chi connectivity index (χ3n) is 2.47. The molecule has 0 saturated carbocycles. The smallest absolute Gasteiger partial charge is 0.303 e. The molecule has 1 unspecified atom stereocenters. The van der Waals surface area contributed by atoms with E-state index < -0.39 is 12.0 Å². The summed E-state index contributed by atoms with van der Waals surface area (Å²) in [5, 5.41) is 8.58. The summed E-state index contributed by atoms with van der Waals surface area (Å²) in [4.78, 5) is 18.4. The molecule has 7 heteroatoms. The van der Waals surface area contributed by atoms with Gasteiger partial charge in [0.1, 0.15) is 6.33 Å². The number of nitrogens with two attached hydrogens (primary N) is 1. The molecule has 0 aliphatic heterocycles. The molecule has 0 aromatic carbocycles. The fourth-order valence-corrected chi connectivity index (χ4v) is 1.62. The molecule has 0 bridgehead atoms. The van der Waals surface area contributed by atoms with Crippen LogP contribution in [0.25, 0.3) is 0 Å². The van der Waals surface area contributed by atoms with Gasteiger partial charge in [-0.25, -0.2) is 9.97 Å². The van der Waals surface area contributed by atoms with Crippen LogP contribution in [0.3, 0.4) is 0 Å². The van der Waals surface area contributed by atoms with Gasteiger partial charge in [-0.2, -0.15) is 0 Å². The average molecular weight is 255 g/mol. The van der Waals surface area contributed by atoms with E-state index >= 15 is 0 Å². The molecule has 0 aliphatic rings. The molecule has 0 saturated heterocycles. The molecule has 18 heavy (non-hydrogen) atoms. The normalized spacial score (nSPS) is 11.9. The first-order valence-corrected chi connectivity index (χ1v) is 5.50. The van der Waals surface area contributed by atoms with Crippen LogP contribution >= 0.6 is 0 Å². The van der Waals surface area contributed by atoms with Crippen LogP contribution in [0.5, 0.6) is 11.8 Å². The number of carboxylic acids is 1. The quantitative estimate of drug-likeness (QED) is 0.740. The van der Waals surface area contributed by atoms with Gasteiger partial charge in [-0.3, -0.25) is 4.79 Å². The number of carboxylic acid groups (broad SMARTS) is 1. The Morgan fingerprint density at radius 3 is 2.39 bits per heavy atom. The molecule has 100 valence electrons. The first-order valence-electron chi connectivity index (χ1n) is 5.50. The van der Waals surface area contributed by atoms with Crippen molar-refractivity contribution in [2.75, 3.05) is 14.2 Å². The van der Waals surface area contributed by atoms with Gasteiger partial charge in [-0.1, -0.05) is 0 Å². The molecule has 0 fully saturated rings. The van der Waals surface area contributed by atoms with Crippen molar-refractivity contribution in [2.45, 2.75) is 25.3 Å². The van der Waals surface area contributed by atoms with Crippen molar-refractivity contribution < 1.29 is 19.4 Å². The van der Waals surface area contributed by atoms with Crippen LogP contribution in [0.4, 0.5) is 0 Å². The standard InChI is InChI=1S/C11H17N3O4/c1-17-10-9(11(18-2)14-6-13-10)7(12)4-3-5-8(15)16/h6-7H,3-5,12H2,1-2H3,(H,15,16). The first-order chi connectivity index (χ1) is 8.60. The SMILES string of the molecule is COc1ncnc(OC)c1C(N)CCCC(=O)O. The summed E-state index contributed by atoms with van der Waals surface area (Å²) < 4.78 is 10.2. The third-order valence-corrected chi connectivity index (χ3v) is 2.47. The number of carbonyl (C=O) groups is 1. The third kappa shape index (κ3) is 3.56. The average Bonchev–Trinajstić information content (AvgIpc) is 2.36. The number of methoxy groups -OCH3 is 2. The zero-order chi connectivity index (χ0) is 13.5. The van der Waals surface area contributed by atoms with E-state index in [1.165, 1.54) is 20.5 Å².